The molecule has 0 radical (unpaired) electrons. The van der Waals surface area contributed by atoms with E-state index in [0.29, 0.717) is 11.8 Å². The third-order valence-corrected chi connectivity index (χ3v) is 3.11. The topological polar surface area (TPSA) is 28.7 Å². The van der Waals surface area contributed by atoms with Crippen LogP contribution in [0.4, 0.5) is 0 Å². The van der Waals surface area contributed by atoms with E-state index < -0.39 is 0 Å². The number of aromatic nitrogens is 2. The number of H-pyrrole nitrogens is 1. The standard InChI is InChI=1S/C15H20N2.CH2.Ag/c1-10(2)12-6-5-7-13(11(3)4)14(12)15-16-8-9-17-15;;/h5-11H,1-4H3,(H,16,17);1H2;. The summed E-state index contributed by atoms with van der Waals surface area (Å²) >= 11 is 2.70. The molecule has 0 atom stereocenters. The quantitative estimate of drug-likeness (QED) is 0.822. The summed E-state index contributed by atoms with van der Waals surface area (Å²) in [6.45, 7) is 8.91. The van der Waals surface area contributed by atoms with Gasteiger partial charge in [-0.05, 0) is 23.0 Å². The molecule has 0 fully saturated rings. The second-order valence-corrected chi connectivity index (χ2v) is 5.06. The molecule has 1 heterocycles. The summed E-state index contributed by atoms with van der Waals surface area (Å²) in [5.74, 6) is 2.00. The Kier molecular flexibility index (Phi) is 6.43. The molecule has 3 heteroatoms. The predicted molar refractivity (Wildman–Crippen MR) is 79.3 cm³/mol. The fraction of sp³-hybridized carbons (Fsp3) is 0.375. The van der Waals surface area contributed by atoms with Crippen LogP contribution in [0.3, 0.4) is 0 Å². The fourth-order valence-corrected chi connectivity index (χ4v) is 2.23. The number of nitrogens with zero attached hydrogens (tertiary/aromatic N) is 1. The van der Waals surface area contributed by atoms with Crippen LogP contribution in [0.25, 0.3) is 11.4 Å². The van der Waals surface area contributed by atoms with E-state index in [1.165, 1.54) is 16.7 Å². The summed E-state index contributed by atoms with van der Waals surface area (Å²) in [6.07, 6.45) is 3.70. The molecule has 0 aliphatic carbocycles. The summed E-state index contributed by atoms with van der Waals surface area (Å²) in [6, 6.07) is 6.56. The Bertz CT molecular complexity index is 475. The van der Waals surface area contributed by atoms with Gasteiger partial charge in [0.25, 0.3) is 0 Å². The third-order valence-electron chi connectivity index (χ3n) is 3.11. The molecule has 1 aromatic heterocycles. The van der Waals surface area contributed by atoms with Crippen molar-refractivity contribution in [2.75, 3.05) is 0 Å². The summed E-state index contributed by atoms with van der Waals surface area (Å²) < 4.78 is 3.06. The van der Waals surface area contributed by atoms with Crippen molar-refractivity contribution in [3.05, 3.63) is 41.7 Å². The SMILES string of the molecule is CC(C)c1cccc(C(C)C)c1-c1ncc[nH]1.[CH2]=[Ag]. The van der Waals surface area contributed by atoms with Gasteiger partial charge in [0.05, 0.1) is 0 Å². The van der Waals surface area contributed by atoms with Crippen LogP contribution in [0, 0.1) is 0 Å². The third kappa shape index (κ3) is 3.75. The van der Waals surface area contributed by atoms with E-state index in [-0.39, 0.29) is 0 Å². The molecule has 0 amide bonds. The molecule has 2 nitrogen and oxygen atoms in total. The van der Waals surface area contributed by atoms with Crippen molar-refractivity contribution in [3.63, 3.8) is 0 Å². The number of rotatable bonds is 3. The van der Waals surface area contributed by atoms with Crippen molar-refractivity contribution >= 4 is 4.73 Å². The summed E-state index contributed by atoms with van der Waals surface area (Å²) in [5, 5.41) is 0. The molecule has 19 heavy (non-hydrogen) atoms. The van der Waals surface area contributed by atoms with Gasteiger partial charge in [-0.2, -0.15) is 0 Å². The van der Waals surface area contributed by atoms with Crippen LogP contribution in [0.2, 0.25) is 0 Å². The molecule has 107 valence electrons. The number of nitrogens with one attached hydrogen (secondary N) is 1. The fourth-order valence-electron chi connectivity index (χ4n) is 2.23. The maximum atomic E-state index is 4.42. The minimum atomic E-state index is 0.508. The molecule has 0 unspecified atom stereocenters. The van der Waals surface area contributed by atoms with Gasteiger partial charge in [-0.15, -0.1) is 0 Å². The monoisotopic (exact) mass is 349 g/mol. The van der Waals surface area contributed by atoms with Crippen LogP contribution < -0.4 is 0 Å². The summed E-state index contributed by atoms with van der Waals surface area (Å²) in [4.78, 5) is 7.65. The minimum absolute atomic E-state index is 0.508. The zero-order chi connectivity index (χ0) is 14.4. The maximum absolute atomic E-state index is 4.42. The van der Waals surface area contributed by atoms with Gasteiger partial charge in [0.1, 0.15) is 5.82 Å². The van der Waals surface area contributed by atoms with Crippen LogP contribution in [-0.2, 0) is 20.6 Å². The van der Waals surface area contributed by atoms with Gasteiger partial charge in [-0.25, -0.2) is 4.98 Å². The molecule has 1 N–H and O–H groups in total. The Hall–Kier alpha value is -0.960. The van der Waals surface area contributed by atoms with Crippen molar-refractivity contribution in [1.29, 1.82) is 0 Å². The molecule has 1 aromatic carbocycles. The first-order valence-electron chi connectivity index (χ1n) is 6.45. The van der Waals surface area contributed by atoms with E-state index in [9.17, 15) is 0 Å². The van der Waals surface area contributed by atoms with Gasteiger partial charge in [0.15, 0.2) is 0 Å². The molecular weight excluding hydrogens is 328 g/mol. The van der Waals surface area contributed by atoms with Crippen molar-refractivity contribution in [2.45, 2.75) is 39.5 Å². The first-order chi connectivity index (χ1) is 9.11. The molecule has 2 aromatic rings. The van der Waals surface area contributed by atoms with E-state index in [4.69, 9.17) is 0 Å². The molecule has 0 aliphatic rings. The van der Waals surface area contributed by atoms with E-state index >= 15 is 0 Å². The predicted octanol–water partition coefficient (Wildman–Crippen LogP) is 4.29. The summed E-state index contributed by atoms with van der Waals surface area (Å²) in [5.41, 5.74) is 4.01. The van der Waals surface area contributed by atoms with Crippen molar-refractivity contribution < 1.29 is 20.6 Å². The van der Waals surface area contributed by atoms with Crippen LogP contribution in [0.5, 0.6) is 0 Å². The van der Waals surface area contributed by atoms with Gasteiger partial charge in [0.2, 0.25) is 0 Å². The number of hydrogen-bond acceptors (Lipinski definition) is 1. The van der Waals surface area contributed by atoms with Crippen LogP contribution in [-0.4, -0.2) is 14.7 Å². The second kappa shape index (κ2) is 7.59. The zero-order valence-corrected chi connectivity index (χ0v) is 13.5. The molecule has 0 spiro atoms. The Morgan fingerprint density at radius 1 is 1.05 bits per heavy atom. The van der Waals surface area contributed by atoms with Gasteiger partial charge < -0.3 is 4.98 Å². The summed E-state index contributed by atoms with van der Waals surface area (Å²) in [7, 11) is 0. The molecular formula is C16H22AgN2. The number of aromatic amines is 1. The first kappa shape index (κ1) is 16.1. The zero-order valence-electron chi connectivity index (χ0n) is 12.0. The first-order valence-corrected chi connectivity index (χ1v) is 7.50. The number of imidazole rings is 1. The number of hydrogen-bond donors (Lipinski definition) is 1. The van der Waals surface area contributed by atoms with Crippen LogP contribution >= 0.6 is 0 Å². The molecule has 0 saturated heterocycles. The van der Waals surface area contributed by atoms with E-state index in [2.05, 4.69) is 81.2 Å². The Morgan fingerprint density at radius 3 is 1.95 bits per heavy atom. The average Bonchev–Trinajstić information content (AvgIpc) is 2.93. The van der Waals surface area contributed by atoms with Gasteiger partial charge >= 0.3 is 25.3 Å². The number of benzene rings is 1. The van der Waals surface area contributed by atoms with E-state index in [1.54, 1.807) is 0 Å². The Morgan fingerprint density at radius 2 is 1.58 bits per heavy atom. The molecule has 0 aliphatic heterocycles. The van der Waals surface area contributed by atoms with Crippen molar-refractivity contribution in [1.82, 2.24) is 9.97 Å². The Labute approximate surface area is 128 Å². The van der Waals surface area contributed by atoms with Crippen LogP contribution in [0.15, 0.2) is 30.6 Å². The average molecular weight is 350 g/mol. The van der Waals surface area contributed by atoms with Gasteiger partial charge in [-0.3, -0.25) is 0 Å². The van der Waals surface area contributed by atoms with Crippen LogP contribution in [0.1, 0.15) is 50.7 Å². The Balaban J connectivity index is 0.000000861. The molecule has 0 saturated carbocycles. The van der Waals surface area contributed by atoms with E-state index in [0.717, 1.165) is 5.82 Å². The molecule has 0 bridgehead atoms. The van der Waals surface area contributed by atoms with Crippen molar-refractivity contribution in [2.24, 2.45) is 0 Å². The second-order valence-electron chi connectivity index (χ2n) is 5.06. The van der Waals surface area contributed by atoms with Gasteiger partial charge in [0, 0.05) is 18.0 Å². The normalized spacial score (nSPS) is 10.5. The van der Waals surface area contributed by atoms with Crippen molar-refractivity contribution in [3.8, 4) is 11.4 Å². The van der Waals surface area contributed by atoms with Gasteiger partial charge in [-0.1, -0.05) is 45.9 Å². The van der Waals surface area contributed by atoms with E-state index in [1.807, 2.05) is 12.4 Å². The molecule has 2 rings (SSSR count).